The summed E-state index contributed by atoms with van der Waals surface area (Å²) < 4.78 is 2.23. The topological polar surface area (TPSA) is 73.1 Å². The summed E-state index contributed by atoms with van der Waals surface area (Å²) >= 11 is 0. The van der Waals surface area contributed by atoms with Crippen LogP contribution >= 0.6 is 0 Å². The lowest BCUT2D eigenvalue weighted by molar-refractivity contribution is -0.116. The van der Waals surface area contributed by atoms with Crippen LogP contribution in [0.4, 0.5) is 5.82 Å². The van der Waals surface area contributed by atoms with E-state index in [0.717, 1.165) is 15.7 Å². The predicted octanol–water partition coefficient (Wildman–Crippen LogP) is 1.85. The van der Waals surface area contributed by atoms with Gasteiger partial charge in [0, 0.05) is 20.2 Å². The second-order valence-electron chi connectivity index (χ2n) is 6.01. The van der Waals surface area contributed by atoms with Crippen molar-refractivity contribution >= 4 is 11.7 Å². The molecule has 6 nitrogen and oxygen atoms in total. The molecule has 0 saturated carbocycles. The van der Waals surface area contributed by atoms with Crippen LogP contribution in [0, 0.1) is 0 Å². The van der Waals surface area contributed by atoms with Crippen LogP contribution in [0.25, 0.3) is 0 Å². The van der Waals surface area contributed by atoms with Crippen molar-refractivity contribution in [1.29, 1.82) is 0 Å². The normalized spacial score (nSPS) is 10.7. The van der Waals surface area contributed by atoms with Crippen molar-refractivity contribution < 1.29 is 4.79 Å². The summed E-state index contributed by atoms with van der Waals surface area (Å²) in [4.78, 5) is 37.0. The molecule has 0 aliphatic heterocycles. The highest BCUT2D eigenvalue weighted by Gasteiger charge is 2.23. The smallest absolute Gasteiger partial charge is 0.311 e. The van der Waals surface area contributed by atoms with Crippen molar-refractivity contribution in [2.24, 2.45) is 14.1 Å². The zero-order valence-electron chi connectivity index (χ0n) is 14.5. The molecule has 26 heavy (non-hydrogen) atoms. The molecular formula is C20H19N3O3. The van der Waals surface area contributed by atoms with Gasteiger partial charge in [0.1, 0.15) is 5.82 Å². The van der Waals surface area contributed by atoms with Crippen LogP contribution in [0.5, 0.6) is 0 Å². The summed E-state index contributed by atoms with van der Waals surface area (Å²) in [5, 5.41) is 2.73. The third kappa shape index (κ3) is 3.35. The molecule has 0 unspecified atom stereocenters. The van der Waals surface area contributed by atoms with E-state index in [4.69, 9.17) is 0 Å². The lowest BCUT2D eigenvalue weighted by Crippen LogP contribution is -2.38. The number of benzene rings is 2. The Kier molecular flexibility index (Phi) is 4.84. The van der Waals surface area contributed by atoms with E-state index in [1.165, 1.54) is 24.7 Å². The number of hydrogen-bond donors (Lipinski definition) is 1. The Morgan fingerprint density at radius 2 is 1.35 bits per heavy atom. The minimum atomic E-state index is -0.559. The zero-order valence-corrected chi connectivity index (χ0v) is 14.5. The Bertz CT molecular complexity index is 998. The van der Waals surface area contributed by atoms with Gasteiger partial charge in [-0.2, -0.15) is 0 Å². The van der Waals surface area contributed by atoms with E-state index < -0.39 is 17.2 Å². The summed E-state index contributed by atoms with van der Waals surface area (Å²) in [6.45, 7) is 0. The first kappa shape index (κ1) is 17.4. The number of anilines is 1. The van der Waals surface area contributed by atoms with Gasteiger partial charge in [0.05, 0.1) is 5.92 Å². The molecule has 0 fully saturated rings. The molecule has 132 valence electrons. The van der Waals surface area contributed by atoms with Crippen LogP contribution in [0.15, 0.2) is 76.3 Å². The van der Waals surface area contributed by atoms with Gasteiger partial charge in [-0.3, -0.25) is 18.7 Å². The highest BCUT2D eigenvalue weighted by atomic mass is 16.2. The molecule has 0 atom stereocenters. The molecule has 3 aromatic rings. The number of aromatic nitrogens is 2. The lowest BCUT2D eigenvalue weighted by Gasteiger charge is -2.19. The SMILES string of the molecule is Cn1c(NC(=O)C(c2ccccc2)c2ccccc2)cc(=O)n(C)c1=O. The summed E-state index contributed by atoms with van der Waals surface area (Å²) in [5.74, 6) is -0.706. The Morgan fingerprint density at radius 1 is 0.846 bits per heavy atom. The minimum Gasteiger partial charge on any atom is -0.311 e. The number of nitrogens with zero attached hydrogens (tertiary/aromatic N) is 2. The van der Waals surface area contributed by atoms with E-state index in [0.29, 0.717) is 0 Å². The van der Waals surface area contributed by atoms with Crippen molar-refractivity contribution in [2.45, 2.75) is 5.92 Å². The summed E-state index contributed by atoms with van der Waals surface area (Å²) in [5.41, 5.74) is 0.679. The maximum atomic E-state index is 13.0. The first-order valence-corrected chi connectivity index (χ1v) is 8.17. The molecule has 1 amide bonds. The Morgan fingerprint density at radius 3 is 1.85 bits per heavy atom. The van der Waals surface area contributed by atoms with E-state index in [2.05, 4.69) is 5.32 Å². The Labute approximate surface area is 150 Å². The second-order valence-corrected chi connectivity index (χ2v) is 6.01. The summed E-state index contributed by atoms with van der Waals surface area (Å²) in [7, 11) is 2.91. The molecule has 0 aliphatic rings. The lowest BCUT2D eigenvalue weighted by atomic mass is 9.90. The maximum absolute atomic E-state index is 13.0. The number of carbonyl (C=O) groups is 1. The van der Waals surface area contributed by atoms with Crippen molar-refractivity contribution in [3.05, 3.63) is 98.7 Å². The summed E-state index contributed by atoms with van der Waals surface area (Å²) in [6, 6.07) is 20.0. The van der Waals surface area contributed by atoms with Crippen LogP contribution in [-0.2, 0) is 18.9 Å². The van der Waals surface area contributed by atoms with Gasteiger partial charge >= 0.3 is 5.69 Å². The number of amides is 1. The fourth-order valence-corrected chi connectivity index (χ4v) is 2.84. The maximum Gasteiger partial charge on any atom is 0.332 e. The molecular weight excluding hydrogens is 330 g/mol. The fourth-order valence-electron chi connectivity index (χ4n) is 2.84. The quantitative estimate of drug-likeness (QED) is 0.781. The summed E-state index contributed by atoms with van der Waals surface area (Å²) in [6.07, 6.45) is 0. The van der Waals surface area contributed by atoms with Gasteiger partial charge in [-0.25, -0.2) is 4.79 Å². The monoisotopic (exact) mass is 349 g/mol. The third-order valence-corrected chi connectivity index (χ3v) is 4.31. The molecule has 6 heteroatoms. The predicted molar refractivity (Wildman–Crippen MR) is 100 cm³/mol. The molecule has 0 spiro atoms. The van der Waals surface area contributed by atoms with E-state index in [9.17, 15) is 14.4 Å². The highest BCUT2D eigenvalue weighted by molar-refractivity contribution is 5.97. The van der Waals surface area contributed by atoms with Crippen LogP contribution < -0.4 is 16.6 Å². The van der Waals surface area contributed by atoms with Crippen LogP contribution in [-0.4, -0.2) is 15.0 Å². The molecule has 1 heterocycles. The Balaban J connectivity index is 2.03. The molecule has 1 N–H and O–H groups in total. The molecule has 0 aliphatic carbocycles. The molecule has 0 saturated heterocycles. The number of rotatable bonds is 4. The van der Waals surface area contributed by atoms with E-state index in [1.807, 2.05) is 60.7 Å². The standard InChI is InChI=1S/C20H19N3O3/c1-22-16(13-17(24)23(2)20(22)26)21-19(25)18(14-9-5-3-6-10-14)15-11-7-4-8-12-15/h3-13,18H,1-2H3,(H,21,25). The average Bonchev–Trinajstić information content (AvgIpc) is 2.66. The molecule has 2 aromatic carbocycles. The van der Waals surface area contributed by atoms with Gasteiger partial charge in [-0.1, -0.05) is 60.7 Å². The van der Waals surface area contributed by atoms with Crippen molar-refractivity contribution in [3.8, 4) is 0 Å². The second kappa shape index (κ2) is 7.23. The van der Waals surface area contributed by atoms with Gasteiger partial charge in [0.25, 0.3) is 5.56 Å². The van der Waals surface area contributed by atoms with Crippen molar-refractivity contribution in [1.82, 2.24) is 9.13 Å². The van der Waals surface area contributed by atoms with Crippen molar-refractivity contribution in [2.75, 3.05) is 5.32 Å². The van der Waals surface area contributed by atoms with Crippen molar-refractivity contribution in [3.63, 3.8) is 0 Å². The molecule has 0 bridgehead atoms. The molecule has 1 aromatic heterocycles. The Hall–Kier alpha value is -3.41. The molecule has 0 radical (unpaired) electrons. The fraction of sp³-hybridized carbons (Fsp3) is 0.150. The zero-order chi connectivity index (χ0) is 18.7. The van der Waals surface area contributed by atoms with Gasteiger partial charge in [0.2, 0.25) is 5.91 Å². The number of hydrogen-bond acceptors (Lipinski definition) is 3. The molecule has 3 rings (SSSR count). The highest BCUT2D eigenvalue weighted by Crippen LogP contribution is 2.25. The minimum absolute atomic E-state index is 0.167. The number of nitrogens with one attached hydrogen (secondary N) is 1. The van der Waals surface area contributed by atoms with Crippen LogP contribution in [0.3, 0.4) is 0 Å². The van der Waals surface area contributed by atoms with Crippen LogP contribution in [0.2, 0.25) is 0 Å². The average molecular weight is 349 g/mol. The largest absolute Gasteiger partial charge is 0.332 e. The van der Waals surface area contributed by atoms with Gasteiger partial charge < -0.3 is 5.32 Å². The first-order chi connectivity index (χ1) is 12.5. The van der Waals surface area contributed by atoms with E-state index in [-0.39, 0.29) is 11.7 Å². The first-order valence-electron chi connectivity index (χ1n) is 8.17. The van der Waals surface area contributed by atoms with E-state index in [1.54, 1.807) is 0 Å². The van der Waals surface area contributed by atoms with E-state index >= 15 is 0 Å². The van der Waals surface area contributed by atoms with Gasteiger partial charge in [0.15, 0.2) is 0 Å². The van der Waals surface area contributed by atoms with Crippen LogP contribution in [0.1, 0.15) is 17.0 Å². The third-order valence-electron chi connectivity index (χ3n) is 4.31. The van der Waals surface area contributed by atoms with Gasteiger partial charge in [-0.15, -0.1) is 0 Å². The number of carbonyl (C=O) groups excluding carboxylic acids is 1. The van der Waals surface area contributed by atoms with Gasteiger partial charge in [-0.05, 0) is 11.1 Å².